The second-order valence-electron chi connectivity index (χ2n) is 10.8. The van der Waals surface area contributed by atoms with Gasteiger partial charge in [0.15, 0.2) is 0 Å². The van der Waals surface area contributed by atoms with Crippen LogP contribution in [0.5, 0.6) is 0 Å². The Morgan fingerprint density at radius 2 is 1.67 bits per heavy atom. The van der Waals surface area contributed by atoms with Gasteiger partial charge < -0.3 is 5.11 Å². The van der Waals surface area contributed by atoms with E-state index in [0.29, 0.717) is 10.8 Å². The summed E-state index contributed by atoms with van der Waals surface area (Å²) >= 11 is 0. The molecule has 24 heavy (non-hydrogen) atoms. The molecule has 0 saturated heterocycles. The summed E-state index contributed by atoms with van der Waals surface area (Å²) in [4.78, 5) is 0. The van der Waals surface area contributed by atoms with Crippen LogP contribution in [0.1, 0.15) is 86.0 Å². The zero-order valence-corrected chi connectivity index (χ0v) is 16.6. The summed E-state index contributed by atoms with van der Waals surface area (Å²) in [6.07, 6.45) is 14.9. The maximum absolute atomic E-state index is 11.3. The summed E-state index contributed by atoms with van der Waals surface area (Å²) in [5, 5.41) is 11.3. The first-order chi connectivity index (χ1) is 11.2. The van der Waals surface area contributed by atoms with E-state index < -0.39 is 5.60 Å². The normalized spacial score (nSPS) is 55.6. The third-order valence-electron chi connectivity index (χ3n) is 9.78. The van der Waals surface area contributed by atoms with Gasteiger partial charge in [0.05, 0.1) is 5.60 Å². The molecule has 3 saturated carbocycles. The molecule has 136 valence electrons. The fourth-order valence-electron chi connectivity index (χ4n) is 8.40. The third kappa shape index (κ3) is 1.97. The zero-order chi connectivity index (χ0) is 17.4. The maximum Gasteiger partial charge on any atom is 0.0701 e. The molecule has 0 aromatic rings. The highest BCUT2D eigenvalue weighted by Crippen LogP contribution is 2.69. The van der Waals surface area contributed by atoms with Crippen molar-refractivity contribution in [3.63, 3.8) is 0 Å². The predicted octanol–water partition coefficient (Wildman–Crippen LogP) is 5.97. The summed E-state index contributed by atoms with van der Waals surface area (Å²) in [6, 6.07) is 0. The van der Waals surface area contributed by atoms with Crippen LogP contribution in [0.25, 0.3) is 0 Å². The molecule has 1 N–H and O–H groups in total. The average molecular weight is 331 g/mol. The van der Waals surface area contributed by atoms with Gasteiger partial charge >= 0.3 is 0 Å². The molecular formula is C23H38O. The molecule has 0 radical (unpaired) electrons. The first-order valence-corrected chi connectivity index (χ1v) is 10.6. The lowest BCUT2D eigenvalue weighted by Gasteiger charge is -2.63. The van der Waals surface area contributed by atoms with Crippen LogP contribution in [-0.2, 0) is 0 Å². The van der Waals surface area contributed by atoms with E-state index in [-0.39, 0.29) is 5.41 Å². The van der Waals surface area contributed by atoms with Crippen LogP contribution in [0.3, 0.4) is 0 Å². The molecular weight excluding hydrogens is 292 g/mol. The van der Waals surface area contributed by atoms with E-state index in [2.05, 4.69) is 46.8 Å². The molecule has 0 spiro atoms. The lowest BCUT2D eigenvalue weighted by atomic mass is 9.42. The van der Waals surface area contributed by atoms with Crippen molar-refractivity contribution in [2.75, 3.05) is 0 Å². The summed E-state index contributed by atoms with van der Waals surface area (Å²) < 4.78 is 0. The smallest absolute Gasteiger partial charge is 0.0701 e. The fourth-order valence-corrected chi connectivity index (χ4v) is 8.40. The molecule has 4 aliphatic rings. The summed E-state index contributed by atoms with van der Waals surface area (Å²) in [7, 11) is 0. The van der Waals surface area contributed by atoms with Gasteiger partial charge in [-0.25, -0.2) is 0 Å². The second kappa shape index (κ2) is 5.12. The molecule has 1 heteroatoms. The molecule has 0 aromatic heterocycles. The van der Waals surface area contributed by atoms with Crippen LogP contribution in [0.4, 0.5) is 0 Å². The Balaban J connectivity index is 1.68. The highest BCUT2D eigenvalue weighted by atomic mass is 16.3. The molecule has 4 aliphatic carbocycles. The van der Waals surface area contributed by atoms with Crippen LogP contribution >= 0.6 is 0 Å². The van der Waals surface area contributed by atoms with E-state index >= 15 is 0 Å². The molecule has 4 rings (SSSR count). The van der Waals surface area contributed by atoms with Crippen LogP contribution in [0, 0.1) is 39.9 Å². The van der Waals surface area contributed by atoms with Crippen molar-refractivity contribution >= 4 is 0 Å². The van der Waals surface area contributed by atoms with Crippen molar-refractivity contribution in [1.82, 2.24) is 0 Å². The van der Waals surface area contributed by atoms with E-state index in [9.17, 15) is 5.11 Å². The Morgan fingerprint density at radius 1 is 0.958 bits per heavy atom. The molecule has 0 aromatic carbocycles. The van der Waals surface area contributed by atoms with E-state index in [1.54, 1.807) is 0 Å². The Kier molecular flexibility index (Phi) is 3.65. The number of rotatable bonds is 1. The Bertz CT molecular complexity index is 548. The Labute approximate surface area is 149 Å². The van der Waals surface area contributed by atoms with Crippen LogP contribution in [0.15, 0.2) is 12.2 Å². The molecule has 1 nitrogen and oxygen atoms in total. The van der Waals surface area contributed by atoms with Crippen molar-refractivity contribution in [2.24, 2.45) is 39.9 Å². The first-order valence-electron chi connectivity index (χ1n) is 10.6. The minimum Gasteiger partial charge on any atom is -0.389 e. The summed E-state index contributed by atoms with van der Waals surface area (Å²) in [5.41, 5.74) is 0.617. The standard InChI is InChI=1S/C23H38O/c1-6-23(24)15-11-18-16-8-9-19-20(2,3)12-7-13-21(19,4)17(16)10-14-22(18,23)5/h7,12,16-19,24H,6,8-11,13-15H2,1-5H3/t16-,17+,18+,19+,21-,22+,23?/m1/s1. The molecule has 7 atom stereocenters. The average Bonchev–Trinajstić information content (AvgIpc) is 2.79. The molecule has 0 bridgehead atoms. The minimum absolute atomic E-state index is 0.173. The van der Waals surface area contributed by atoms with Gasteiger partial charge in [-0.1, -0.05) is 46.8 Å². The summed E-state index contributed by atoms with van der Waals surface area (Å²) in [5.74, 6) is 3.32. The van der Waals surface area contributed by atoms with Crippen molar-refractivity contribution in [3.8, 4) is 0 Å². The number of fused-ring (bicyclic) bond motifs is 5. The quantitative estimate of drug-likeness (QED) is 0.587. The summed E-state index contributed by atoms with van der Waals surface area (Å²) in [6.45, 7) is 12.2. The van der Waals surface area contributed by atoms with Gasteiger partial charge in [0, 0.05) is 0 Å². The van der Waals surface area contributed by atoms with Gasteiger partial charge in [0.1, 0.15) is 0 Å². The van der Waals surface area contributed by atoms with E-state index in [1.165, 1.54) is 38.5 Å². The molecule has 0 aliphatic heterocycles. The van der Waals surface area contributed by atoms with Gasteiger partial charge in [-0.2, -0.15) is 0 Å². The predicted molar refractivity (Wildman–Crippen MR) is 101 cm³/mol. The van der Waals surface area contributed by atoms with E-state index in [4.69, 9.17) is 0 Å². The number of aliphatic hydroxyl groups is 1. The monoisotopic (exact) mass is 330 g/mol. The number of allylic oxidation sites excluding steroid dienone is 2. The van der Waals surface area contributed by atoms with Gasteiger partial charge in [-0.3, -0.25) is 0 Å². The minimum atomic E-state index is -0.397. The van der Waals surface area contributed by atoms with Crippen molar-refractivity contribution in [3.05, 3.63) is 12.2 Å². The first kappa shape index (κ1) is 17.1. The van der Waals surface area contributed by atoms with Gasteiger partial charge in [-0.15, -0.1) is 0 Å². The van der Waals surface area contributed by atoms with Crippen molar-refractivity contribution < 1.29 is 5.11 Å². The lowest BCUT2D eigenvalue weighted by Crippen LogP contribution is -2.57. The second-order valence-corrected chi connectivity index (χ2v) is 10.8. The van der Waals surface area contributed by atoms with Crippen LogP contribution < -0.4 is 0 Å². The molecule has 0 heterocycles. The lowest BCUT2D eigenvalue weighted by molar-refractivity contribution is -0.156. The fraction of sp³-hybridized carbons (Fsp3) is 0.913. The SMILES string of the molecule is CCC1(O)CC[C@H]2[C@@H]3CC[C@H]4C(C)(C)C=CC[C@]4(C)[C@H]3CC[C@@]21C. The highest BCUT2D eigenvalue weighted by molar-refractivity contribution is 5.18. The molecule has 3 fully saturated rings. The maximum atomic E-state index is 11.3. The Morgan fingerprint density at radius 3 is 2.38 bits per heavy atom. The van der Waals surface area contributed by atoms with Crippen LogP contribution in [0.2, 0.25) is 0 Å². The van der Waals surface area contributed by atoms with E-state index in [1.807, 2.05) is 0 Å². The number of hydrogen-bond acceptors (Lipinski definition) is 1. The van der Waals surface area contributed by atoms with Crippen molar-refractivity contribution in [1.29, 1.82) is 0 Å². The van der Waals surface area contributed by atoms with E-state index in [0.717, 1.165) is 36.5 Å². The van der Waals surface area contributed by atoms with Gasteiger partial charge in [-0.05, 0) is 91.3 Å². The highest BCUT2D eigenvalue weighted by Gasteiger charge is 2.64. The zero-order valence-electron chi connectivity index (χ0n) is 16.6. The topological polar surface area (TPSA) is 20.2 Å². The largest absolute Gasteiger partial charge is 0.389 e. The van der Waals surface area contributed by atoms with Crippen LogP contribution in [-0.4, -0.2) is 10.7 Å². The third-order valence-corrected chi connectivity index (χ3v) is 9.78. The Hall–Kier alpha value is -0.300. The molecule has 1 unspecified atom stereocenters. The van der Waals surface area contributed by atoms with Gasteiger partial charge in [0.2, 0.25) is 0 Å². The van der Waals surface area contributed by atoms with Crippen molar-refractivity contribution in [2.45, 2.75) is 91.6 Å². The molecule has 0 amide bonds. The number of hydrogen-bond donors (Lipinski definition) is 1. The van der Waals surface area contributed by atoms with Gasteiger partial charge in [0.25, 0.3) is 0 Å².